The maximum absolute atomic E-state index is 12.1. The van der Waals surface area contributed by atoms with Gasteiger partial charge in [0.1, 0.15) is 5.60 Å². The van der Waals surface area contributed by atoms with Crippen molar-refractivity contribution in [1.29, 1.82) is 0 Å². The summed E-state index contributed by atoms with van der Waals surface area (Å²) in [5, 5.41) is 10.3. The highest BCUT2D eigenvalue weighted by Crippen LogP contribution is 2.39. The first-order valence-corrected chi connectivity index (χ1v) is 7.06. The predicted molar refractivity (Wildman–Crippen MR) is 70.9 cm³/mol. The van der Waals surface area contributed by atoms with Crippen LogP contribution in [0.2, 0.25) is 0 Å². The lowest BCUT2D eigenvalue weighted by Gasteiger charge is -2.48. The fraction of sp³-hybridized carbons (Fsp3) is 0.929. The Bertz CT molecular complexity index is 331. The molecule has 1 unspecified atom stereocenters. The van der Waals surface area contributed by atoms with E-state index in [9.17, 15) is 9.90 Å². The highest BCUT2D eigenvalue weighted by molar-refractivity contribution is 5.68. The van der Waals surface area contributed by atoms with E-state index in [1.807, 2.05) is 20.8 Å². The van der Waals surface area contributed by atoms with E-state index >= 15 is 0 Å². The number of hydrogen-bond acceptors (Lipinski definition) is 4. The number of aliphatic hydroxyl groups is 1. The van der Waals surface area contributed by atoms with Gasteiger partial charge in [-0.3, -0.25) is 0 Å². The van der Waals surface area contributed by atoms with Gasteiger partial charge in [-0.05, 0) is 40.0 Å². The van der Waals surface area contributed by atoms with Crippen molar-refractivity contribution in [2.75, 3.05) is 26.3 Å². The number of rotatable bonds is 0. The Kier molecular flexibility index (Phi) is 4.06. The third-order valence-corrected chi connectivity index (χ3v) is 4.03. The maximum atomic E-state index is 12.1. The van der Waals surface area contributed by atoms with Crippen LogP contribution in [0.15, 0.2) is 0 Å². The molecule has 2 heterocycles. The highest BCUT2D eigenvalue weighted by Gasteiger charge is 2.45. The molecule has 2 saturated heterocycles. The van der Waals surface area contributed by atoms with Crippen molar-refractivity contribution in [1.82, 2.24) is 4.90 Å². The van der Waals surface area contributed by atoms with Crippen molar-refractivity contribution in [3.8, 4) is 0 Å². The lowest BCUT2D eigenvalue weighted by molar-refractivity contribution is -0.103. The van der Waals surface area contributed by atoms with Crippen LogP contribution in [-0.2, 0) is 9.47 Å². The Morgan fingerprint density at radius 2 is 2.00 bits per heavy atom. The molecule has 0 aromatic heterocycles. The summed E-state index contributed by atoms with van der Waals surface area (Å²) in [7, 11) is 0. The van der Waals surface area contributed by atoms with Crippen molar-refractivity contribution in [2.24, 2.45) is 5.41 Å². The molecule has 2 aliphatic rings. The van der Waals surface area contributed by atoms with Crippen LogP contribution in [0.25, 0.3) is 0 Å². The fourth-order valence-corrected chi connectivity index (χ4v) is 2.90. The van der Waals surface area contributed by atoms with Crippen molar-refractivity contribution >= 4 is 6.09 Å². The van der Waals surface area contributed by atoms with Gasteiger partial charge in [0.05, 0.1) is 6.10 Å². The van der Waals surface area contributed by atoms with E-state index < -0.39 is 5.60 Å². The normalized spacial score (nSPS) is 27.4. The first-order valence-electron chi connectivity index (χ1n) is 7.06. The molecule has 5 heteroatoms. The minimum absolute atomic E-state index is 0.201. The first-order chi connectivity index (χ1) is 8.82. The van der Waals surface area contributed by atoms with Crippen molar-refractivity contribution in [3.63, 3.8) is 0 Å². The van der Waals surface area contributed by atoms with Crippen molar-refractivity contribution in [2.45, 2.75) is 51.7 Å². The average molecular weight is 271 g/mol. The number of nitrogens with zero attached hydrogens (tertiary/aromatic N) is 1. The fourth-order valence-electron chi connectivity index (χ4n) is 2.90. The molecule has 2 aliphatic heterocycles. The molecule has 1 spiro atoms. The molecular formula is C14H25NO4. The lowest BCUT2D eigenvalue weighted by Crippen LogP contribution is -2.56. The second-order valence-corrected chi connectivity index (χ2v) is 6.68. The minimum atomic E-state index is -0.476. The van der Waals surface area contributed by atoms with Gasteiger partial charge < -0.3 is 19.5 Å². The molecule has 0 aromatic rings. The molecular weight excluding hydrogens is 246 g/mol. The molecule has 2 rings (SSSR count). The first kappa shape index (κ1) is 14.6. The molecule has 0 radical (unpaired) electrons. The van der Waals surface area contributed by atoms with E-state index in [1.54, 1.807) is 4.90 Å². The van der Waals surface area contributed by atoms with E-state index in [-0.39, 0.29) is 17.6 Å². The Labute approximate surface area is 114 Å². The van der Waals surface area contributed by atoms with Crippen LogP contribution in [0.3, 0.4) is 0 Å². The standard InChI is InChI=1S/C14H25NO4/c1-13(2,3)19-12(17)15-7-4-11(16)14(10-15)5-8-18-9-6-14/h11,16H,4-10H2,1-3H3. The number of amides is 1. The van der Waals surface area contributed by atoms with Crippen LogP contribution in [0, 0.1) is 5.41 Å². The molecule has 1 amide bonds. The number of carbonyl (C=O) groups is 1. The van der Waals surface area contributed by atoms with E-state index in [1.165, 1.54) is 0 Å². The zero-order valence-electron chi connectivity index (χ0n) is 12.1. The number of ether oxygens (including phenoxy) is 2. The number of hydrogen-bond donors (Lipinski definition) is 1. The molecule has 0 saturated carbocycles. The SMILES string of the molecule is CC(C)(C)OC(=O)N1CCC(O)C2(CCOCC2)C1. The van der Waals surface area contributed by atoms with Crippen LogP contribution >= 0.6 is 0 Å². The molecule has 5 nitrogen and oxygen atoms in total. The van der Waals surface area contributed by atoms with E-state index in [0.717, 1.165) is 12.8 Å². The number of aliphatic hydroxyl groups excluding tert-OH is 1. The molecule has 1 N–H and O–H groups in total. The molecule has 0 aromatic carbocycles. The van der Waals surface area contributed by atoms with Crippen LogP contribution in [-0.4, -0.2) is 54.1 Å². The summed E-state index contributed by atoms with van der Waals surface area (Å²) < 4.78 is 10.8. The highest BCUT2D eigenvalue weighted by atomic mass is 16.6. The van der Waals surface area contributed by atoms with Gasteiger partial charge in [-0.25, -0.2) is 4.79 Å². The minimum Gasteiger partial charge on any atom is -0.444 e. The smallest absolute Gasteiger partial charge is 0.410 e. The Hall–Kier alpha value is -0.810. The summed E-state index contributed by atoms with van der Waals surface area (Å²) in [6.45, 7) is 8.08. The Morgan fingerprint density at radius 3 is 2.58 bits per heavy atom. The van der Waals surface area contributed by atoms with Gasteiger partial charge in [-0.1, -0.05) is 0 Å². The monoisotopic (exact) mass is 271 g/mol. The quantitative estimate of drug-likeness (QED) is 0.729. The Balaban J connectivity index is 2.02. The second kappa shape index (κ2) is 5.29. The lowest BCUT2D eigenvalue weighted by atomic mass is 9.72. The summed E-state index contributed by atoms with van der Waals surface area (Å²) in [4.78, 5) is 13.9. The molecule has 19 heavy (non-hydrogen) atoms. The van der Waals surface area contributed by atoms with Crippen molar-refractivity contribution < 1.29 is 19.4 Å². The van der Waals surface area contributed by atoms with Gasteiger partial charge in [-0.2, -0.15) is 0 Å². The number of piperidine rings is 1. The Morgan fingerprint density at radius 1 is 1.37 bits per heavy atom. The zero-order chi connectivity index (χ0) is 14.1. The third-order valence-electron chi connectivity index (χ3n) is 4.03. The van der Waals surface area contributed by atoms with Crippen LogP contribution in [0.5, 0.6) is 0 Å². The van der Waals surface area contributed by atoms with Gasteiger partial charge in [0, 0.05) is 31.7 Å². The second-order valence-electron chi connectivity index (χ2n) is 6.68. The topological polar surface area (TPSA) is 59.0 Å². The number of carbonyl (C=O) groups excluding carboxylic acids is 1. The summed E-state index contributed by atoms with van der Waals surface area (Å²) in [6.07, 6.45) is 1.64. The van der Waals surface area contributed by atoms with Crippen molar-refractivity contribution in [3.05, 3.63) is 0 Å². The zero-order valence-corrected chi connectivity index (χ0v) is 12.1. The summed E-state index contributed by atoms with van der Waals surface area (Å²) in [5.74, 6) is 0. The molecule has 1 atom stereocenters. The van der Waals surface area contributed by atoms with Gasteiger partial charge in [0.25, 0.3) is 0 Å². The predicted octanol–water partition coefficient (Wildman–Crippen LogP) is 1.78. The summed E-state index contributed by atoms with van der Waals surface area (Å²) >= 11 is 0. The molecule has 0 bridgehead atoms. The van der Waals surface area contributed by atoms with Crippen LogP contribution in [0.1, 0.15) is 40.0 Å². The molecule has 110 valence electrons. The maximum Gasteiger partial charge on any atom is 0.410 e. The largest absolute Gasteiger partial charge is 0.444 e. The summed E-state index contributed by atoms with van der Waals surface area (Å²) in [6, 6.07) is 0. The van der Waals surface area contributed by atoms with Crippen LogP contribution in [0.4, 0.5) is 4.79 Å². The van der Waals surface area contributed by atoms with Gasteiger partial charge in [0.15, 0.2) is 0 Å². The van der Waals surface area contributed by atoms with Gasteiger partial charge >= 0.3 is 6.09 Å². The molecule has 2 fully saturated rings. The number of likely N-dealkylation sites (tertiary alicyclic amines) is 1. The van der Waals surface area contributed by atoms with Crippen LogP contribution < -0.4 is 0 Å². The third kappa shape index (κ3) is 3.39. The molecule has 0 aliphatic carbocycles. The van der Waals surface area contributed by atoms with Gasteiger partial charge in [-0.15, -0.1) is 0 Å². The van der Waals surface area contributed by atoms with Gasteiger partial charge in [0.2, 0.25) is 0 Å². The average Bonchev–Trinajstić information content (AvgIpc) is 2.32. The summed E-state index contributed by atoms with van der Waals surface area (Å²) in [5.41, 5.74) is -0.677. The van der Waals surface area contributed by atoms with E-state index in [4.69, 9.17) is 9.47 Å². The van der Waals surface area contributed by atoms with E-state index in [0.29, 0.717) is 32.7 Å². The van der Waals surface area contributed by atoms with E-state index in [2.05, 4.69) is 0 Å².